The van der Waals surface area contributed by atoms with E-state index in [1.807, 2.05) is 60.0 Å². The van der Waals surface area contributed by atoms with Crippen molar-refractivity contribution in [2.45, 2.75) is 6.04 Å². The summed E-state index contributed by atoms with van der Waals surface area (Å²) in [7, 11) is 0. The van der Waals surface area contributed by atoms with Crippen LogP contribution in [-0.4, -0.2) is 11.8 Å². The summed E-state index contributed by atoms with van der Waals surface area (Å²) in [6.45, 7) is 0. The average molecular weight is 316 g/mol. The van der Waals surface area contributed by atoms with Crippen LogP contribution in [0, 0.1) is 0 Å². The highest BCUT2D eigenvalue weighted by atomic mass is 35.5. The number of hydrogen-bond donors (Lipinski definition) is 1. The van der Waals surface area contributed by atoms with E-state index in [0.717, 1.165) is 15.6 Å². The van der Waals surface area contributed by atoms with Gasteiger partial charge in [-0.2, -0.15) is 0 Å². The first-order valence-electron chi connectivity index (χ1n) is 6.67. The monoisotopic (exact) mass is 315 g/mol. The smallest absolute Gasteiger partial charge is 0.253 e. The Balaban J connectivity index is 1.85. The molecule has 1 amide bonds. The number of carbonyl (C=O) groups excluding carboxylic acids is 1. The summed E-state index contributed by atoms with van der Waals surface area (Å²) < 4.78 is 1.12. The van der Waals surface area contributed by atoms with Crippen molar-refractivity contribution in [3.63, 3.8) is 0 Å². The fourth-order valence-corrected chi connectivity index (χ4v) is 3.48. The number of amides is 1. The van der Waals surface area contributed by atoms with Crippen LogP contribution in [0.25, 0.3) is 10.1 Å². The molecule has 21 heavy (non-hydrogen) atoms. The minimum Gasteiger partial charge on any atom is -0.344 e. The first-order valence-corrected chi connectivity index (χ1v) is 8.09. The Morgan fingerprint density at radius 3 is 2.57 bits per heavy atom. The van der Waals surface area contributed by atoms with E-state index in [9.17, 15) is 4.79 Å². The SMILES string of the molecule is O=C(NC(CCl)c1ccccc1)c1csc2ccccc12. The largest absolute Gasteiger partial charge is 0.344 e. The van der Waals surface area contributed by atoms with Crippen LogP contribution in [0.1, 0.15) is 22.0 Å². The number of rotatable bonds is 4. The van der Waals surface area contributed by atoms with Crippen LogP contribution in [0.3, 0.4) is 0 Å². The molecule has 0 radical (unpaired) electrons. The highest BCUT2D eigenvalue weighted by Gasteiger charge is 2.17. The Hall–Kier alpha value is -1.84. The van der Waals surface area contributed by atoms with E-state index in [0.29, 0.717) is 11.4 Å². The van der Waals surface area contributed by atoms with Crippen LogP contribution >= 0.6 is 22.9 Å². The average Bonchev–Trinajstić information content (AvgIpc) is 2.97. The molecule has 4 heteroatoms. The Labute approximate surface area is 132 Å². The minimum atomic E-state index is -0.181. The highest BCUT2D eigenvalue weighted by Crippen LogP contribution is 2.26. The molecule has 1 aromatic heterocycles. The van der Waals surface area contributed by atoms with Crippen LogP contribution < -0.4 is 5.32 Å². The van der Waals surface area contributed by atoms with Gasteiger partial charge < -0.3 is 5.32 Å². The van der Waals surface area contributed by atoms with Crippen molar-refractivity contribution < 1.29 is 4.79 Å². The van der Waals surface area contributed by atoms with Gasteiger partial charge in [0.2, 0.25) is 0 Å². The molecular formula is C17H14ClNOS. The summed E-state index contributed by atoms with van der Waals surface area (Å²) in [6.07, 6.45) is 0. The molecule has 0 saturated heterocycles. The summed E-state index contributed by atoms with van der Waals surface area (Å²) in [5.74, 6) is 0.264. The fourth-order valence-electron chi connectivity index (χ4n) is 2.29. The third kappa shape index (κ3) is 2.94. The summed E-state index contributed by atoms with van der Waals surface area (Å²) in [4.78, 5) is 12.5. The van der Waals surface area contributed by atoms with E-state index in [1.165, 1.54) is 0 Å². The van der Waals surface area contributed by atoms with Crippen molar-refractivity contribution in [1.82, 2.24) is 5.32 Å². The van der Waals surface area contributed by atoms with E-state index < -0.39 is 0 Å². The van der Waals surface area contributed by atoms with Crippen molar-refractivity contribution in [2.75, 3.05) is 5.88 Å². The van der Waals surface area contributed by atoms with E-state index in [-0.39, 0.29) is 11.9 Å². The molecule has 1 N–H and O–H groups in total. The topological polar surface area (TPSA) is 29.1 Å². The Bertz CT molecular complexity index is 754. The van der Waals surface area contributed by atoms with Crippen molar-refractivity contribution >= 4 is 38.9 Å². The normalized spacial score (nSPS) is 12.2. The number of alkyl halides is 1. The fraction of sp³-hybridized carbons (Fsp3) is 0.118. The number of benzene rings is 2. The molecular weight excluding hydrogens is 302 g/mol. The summed E-state index contributed by atoms with van der Waals surface area (Å²) >= 11 is 7.59. The zero-order valence-corrected chi connectivity index (χ0v) is 12.8. The first-order chi connectivity index (χ1) is 10.3. The Morgan fingerprint density at radius 2 is 1.81 bits per heavy atom. The molecule has 0 fully saturated rings. The van der Waals surface area contributed by atoms with Crippen molar-refractivity contribution in [3.05, 3.63) is 71.1 Å². The van der Waals surface area contributed by atoms with Crippen molar-refractivity contribution in [1.29, 1.82) is 0 Å². The van der Waals surface area contributed by atoms with Crippen LogP contribution in [0.2, 0.25) is 0 Å². The second-order valence-electron chi connectivity index (χ2n) is 4.74. The van der Waals surface area contributed by atoms with Gasteiger partial charge in [-0.15, -0.1) is 22.9 Å². The third-order valence-corrected chi connectivity index (χ3v) is 4.66. The summed E-state index contributed by atoms with van der Waals surface area (Å²) in [6, 6.07) is 17.5. The zero-order chi connectivity index (χ0) is 14.7. The number of hydrogen-bond acceptors (Lipinski definition) is 2. The molecule has 0 aliphatic rings. The Morgan fingerprint density at radius 1 is 1.10 bits per heavy atom. The molecule has 0 saturated carbocycles. The maximum Gasteiger partial charge on any atom is 0.253 e. The predicted octanol–water partition coefficient (Wildman–Crippen LogP) is 4.61. The molecule has 0 aliphatic carbocycles. The summed E-state index contributed by atoms with van der Waals surface area (Å²) in [5.41, 5.74) is 1.72. The molecule has 0 bridgehead atoms. The van der Waals surface area contributed by atoms with Crippen molar-refractivity contribution in [2.24, 2.45) is 0 Å². The highest BCUT2D eigenvalue weighted by molar-refractivity contribution is 7.17. The molecule has 1 unspecified atom stereocenters. The lowest BCUT2D eigenvalue weighted by Gasteiger charge is -2.16. The predicted molar refractivity (Wildman–Crippen MR) is 89.2 cm³/mol. The van der Waals surface area contributed by atoms with Gasteiger partial charge in [0, 0.05) is 21.3 Å². The van der Waals surface area contributed by atoms with Gasteiger partial charge in [-0.3, -0.25) is 4.79 Å². The molecule has 2 nitrogen and oxygen atoms in total. The lowest BCUT2D eigenvalue weighted by molar-refractivity contribution is 0.0942. The standard InChI is InChI=1S/C17H14ClNOS/c18-10-15(12-6-2-1-3-7-12)19-17(20)14-11-21-16-9-5-4-8-13(14)16/h1-9,11,15H,10H2,(H,19,20). The van der Waals surface area contributed by atoms with Gasteiger partial charge in [0.05, 0.1) is 11.6 Å². The number of fused-ring (bicyclic) bond motifs is 1. The maximum absolute atomic E-state index is 12.5. The first kappa shape index (κ1) is 14.1. The van der Waals surface area contributed by atoms with Gasteiger partial charge in [0.1, 0.15) is 0 Å². The maximum atomic E-state index is 12.5. The van der Waals surface area contributed by atoms with Crippen molar-refractivity contribution in [3.8, 4) is 0 Å². The van der Waals surface area contributed by atoms with E-state index >= 15 is 0 Å². The van der Waals surface area contributed by atoms with Gasteiger partial charge in [-0.05, 0) is 11.6 Å². The number of carbonyl (C=O) groups is 1. The van der Waals surface area contributed by atoms with Gasteiger partial charge in [-0.25, -0.2) is 0 Å². The van der Waals surface area contributed by atoms with Gasteiger partial charge in [0.25, 0.3) is 5.91 Å². The van der Waals surface area contributed by atoms with E-state index in [2.05, 4.69) is 5.32 Å². The van der Waals surface area contributed by atoms with Gasteiger partial charge >= 0.3 is 0 Å². The lowest BCUT2D eigenvalue weighted by Crippen LogP contribution is -2.29. The second kappa shape index (κ2) is 6.29. The lowest BCUT2D eigenvalue weighted by atomic mass is 10.1. The summed E-state index contributed by atoms with van der Waals surface area (Å²) in [5, 5.41) is 5.90. The Kier molecular flexibility index (Phi) is 4.23. The molecule has 1 heterocycles. The number of nitrogens with one attached hydrogen (secondary N) is 1. The van der Waals surface area contributed by atoms with Crippen LogP contribution in [0.5, 0.6) is 0 Å². The van der Waals surface area contributed by atoms with Crippen LogP contribution in [0.15, 0.2) is 60.0 Å². The number of thiophene rings is 1. The molecule has 3 rings (SSSR count). The molecule has 106 valence electrons. The van der Waals surface area contributed by atoms with Gasteiger partial charge in [0.15, 0.2) is 0 Å². The molecule has 0 aliphatic heterocycles. The second-order valence-corrected chi connectivity index (χ2v) is 5.96. The molecule has 2 aromatic carbocycles. The zero-order valence-electron chi connectivity index (χ0n) is 11.3. The minimum absolute atomic E-state index is 0.0815. The molecule has 3 aromatic rings. The molecule has 1 atom stereocenters. The van der Waals surface area contributed by atoms with Crippen LogP contribution in [-0.2, 0) is 0 Å². The quantitative estimate of drug-likeness (QED) is 0.700. The molecule has 0 spiro atoms. The van der Waals surface area contributed by atoms with Crippen LogP contribution in [0.4, 0.5) is 0 Å². The third-order valence-electron chi connectivity index (χ3n) is 3.39. The number of halogens is 1. The van der Waals surface area contributed by atoms with E-state index in [1.54, 1.807) is 11.3 Å². The van der Waals surface area contributed by atoms with E-state index in [4.69, 9.17) is 11.6 Å². The van der Waals surface area contributed by atoms with Gasteiger partial charge in [-0.1, -0.05) is 48.5 Å².